The molecular weight excluding hydrogens is 371 g/mol. The number of carbonyl (C=O) groups is 1. The van der Waals surface area contributed by atoms with Gasteiger partial charge < -0.3 is 15.3 Å². The summed E-state index contributed by atoms with van der Waals surface area (Å²) in [6.07, 6.45) is 2.55. The lowest BCUT2D eigenvalue weighted by Gasteiger charge is -2.43. The van der Waals surface area contributed by atoms with Crippen LogP contribution in [-0.4, -0.2) is 52.5 Å². The predicted octanol–water partition coefficient (Wildman–Crippen LogP) is 3.67. The highest BCUT2D eigenvalue weighted by Gasteiger charge is 2.40. The van der Waals surface area contributed by atoms with Crippen molar-refractivity contribution >= 4 is 28.5 Å². The molecule has 1 unspecified atom stereocenters. The maximum absolute atomic E-state index is 12.2. The summed E-state index contributed by atoms with van der Waals surface area (Å²) in [6.45, 7) is 4.76. The number of hydrogen-bond donors (Lipinski definition) is 3. The van der Waals surface area contributed by atoms with Crippen molar-refractivity contribution in [3.63, 3.8) is 0 Å². The van der Waals surface area contributed by atoms with Gasteiger partial charge in [-0.2, -0.15) is 5.10 Å². The molecule has 0 saturated carbocycles. The first-order valence-electron chi connectivity index (χ1n) is 9.24. The lowest BCUT2D eigenvalue weighted by atomic mass is 9.68. The van der Waals surface area contributed by atoms with Crippen molar-refractivity contribution in [2.75, 3.05) is 26.3 Å². The fraction of sp³-hybridized carbons (Fsp3) is 0.579. The van der Waals surface area contributed by atoms with Crippen LogP contribution in [0.25, 0.3) is 10.9 Å². The van der Waals surface area contributed by atoms with E-state index < -0.39 is 18.2 Å². The van der Waals surface area contributed by atoms with Crippen LogP contribution in [0.2, 0.25) is 5.02 Å². The molecule has 0 bridgehead atoms. The summed E-state index contributed by atoms with van der Waals surface area (Å²) in [6, 6.07) is 3.37. The number of rotatable bonds is 5. The van der Waals surface area contributed by atoms with E-state index in [4.69, 9.17) is 11.6 Å². The van der Waals surface area contributed by atoms with Gasteiger partial charge in [-0.3, -0.25) is 5.10 Å². The van der Waals surface area contributed by atoms with E-state index in [1.807, 2.05) is 13.8 Å². The maximum atomic E-state index is 12.2. The van der Waals surface area contributed by atoms with Crippen LogP contribution in [0.4, 0.5) is 9.18 Å². The van der Waals surface area contributed by atoms with Gasteiger partial charge in [0.1, 0.15) is 6.67 Å². The van der Waals surface area contributed by atoms with Crippen molar-refractivity contribution in [3.8, 4) is 0 Å². The summed E-state index contributed by atoms with van der Waals surface area (Å²) < 4.78 is 12.2. The molecule has 8 heteroatoms. The molecule has 1 saturated heterocycles. The SMILES string of the molecule is CC(C)(C1CCN(C(=O)NCCF)CC1)C(O)c1cc(Cl)cc2[nH]ncc12. The molecule has 1 aromatic carbocycles. The fourth-order valence-electron chi connectivity index (χ4n) is 3.98. The second-order valence-corrected chi connectivity index (χ2v) is 8.17. The summed E-state index contributed by atoms with van der Waals surface area (Å²) in [4.78, 5) is 13.7. The van der Waals surface area contributed by atoms with Crippen LogP contribution in [0.1, 0.15) is 38.4 Å². The first kappa shape index (κ1) is 19.9. The number of halogens is 2. The third kappa shape index (κ3) is 4.04. The Morgan fingerprint density at radius 2 is 2.19 bits per heavy atom. The molecule has 1 aliphatic rings. The Hall–Kier alpha value is -1.86. The highest BCUT2D eigenvalue weighted by atomic mass is 35.5. The standard InChI is InChI=1S/C19H26ClFN4O2/c1-19(2,12-3-7-25(8-4-12)18(27)22-6-5-21)17(26)14-9-13(20)10-16-15(14)11-23-24-16/h9-12,17,26H,3-8H2,1-2H3,(H,22,27)(H,23,24). The molecule has 0 spiro atoms. The number of hydrogen-bond acceptors (Lipinski definition) is 3. The number of fused-ring (bicyclic) bond motifs is 1. The van der Waals surface area contributed by atoms with E-state index in [-0.39, 0.29) is 18.5 Å². The number of urea groups is 1. The van der Waals surface area contributed by atoms with Gasteiger partial charge >= 0.3 is 6.03 Å². The molecule has 148 valence electrons. The molecule has 1 fully saturated rings. The largest absolute Gasteiger partial charge is 0.388 e. The molecule has 0 aliphatic carbocycles. The number of likely N-dealkylation sites (tertiary alicyclic amines) is 1. The van der Waals surface area contributed by atoms with E-state index in [1.165, 1.54) is 0 Å². The third-order valence-electron chi connectivity index (χ3n) is 5.76. The van der Waals surface area contributed by atoms with Crippen molar-refractivity contribution in [2.24, 2.45) is 11.3 Å². The minimum atomic E-state index is -0.715. The molecule has 1 atom stereocenters. The highest BCUT2D eigenvalue weighted by Crippen LogP contribution is 2.46. The molecular formula is C19H26ClFN4O2. The van der Waals surface area contributed by atoms with E-state index in [9.17, 15) is 14.3 Å². The van der Waals surface area contributed by atoms with Crippen LogP contribution in [0.3, 0.4) is 0 Å². The second kappa shape index (κ2) is 8.02. The number of piperidine rings is 1. The zero-order valence-electron chi connectivity index (χ0n) is 15.6. The van der Waals surface area contributed by atoms with Crippen LogP contribution >= 0.6 is 11.6 Å². The maximum Gasteiger partial charge on any atom is 0.317 e. The van der Waals surface area contributed by atoms with Crippen LogP contribution in [0.15, 0.2) is 18.3 Å². The molecule has 3 rings (SSSR count). The minimum absolute atomic E-state index is 0.0401. The molecule has 27 heavy (non-hydrogen) atoms. The normalized spacial score (nSPS) is 17.3. The average Bonchev–Trinajstić information content (AvgIpc) is 3.13. The number of benzene rings is 1. The monoisotopic (exact) mass is 396 g/mol. The minimum Gasteiger partial charge on any atom is -0.388 e. The molecule has 1 aliphatic heterocycles. The summed E-state index contributed by atoms with van der Waals surface area (Å²) >= 11 is 6.22. The Labute approximate surface area is 163 Å². The van der Waals surface area contributed by atoms with E-state index >= 15 is 0 Å². The van der Waals surface area contributed by atoms with Gasteiger partial charge in [0, 0.05) is 30.0 Å². The number of aliphatic hydroxyl groups excluding tert-OH is 1. The lowest BCUT2D eigenvalue weighted by molar-refractivity contribution is -0.0142. The van der Waals surface area contributed by atoms with Gasteiger partial charge in [0.05, 0.1) is 17.8 Å². The Bertz CT molecular complexity index is 802. The Morgan fingerprint density at radius 1 is 1.48 bits per heavy atom. The number of amides is 2. The number of alkyl halides is 1. The Kier molecular flexibility index (Phi) is 5.91. The van der Waals surface area contributed by atoms with Gasteiger partial charge in [0.2, 0.25) is 0 Å². The van der Waals surface area contributed by atoms with Gasteiger partial charge in [0.15, 0.2) is 0 Å². The lowest BCUT2D eigenvalue weighted by Crippen LogP contribution is -2.47. The van der Waals surface area contributed by atoms with Crippen LogP contribution in [-0.2, 0) is 0 Å². The number of nitrogens with one attached hydrogen (secondary N) is 2. The first-order valence-corrected chi connectivity index (χ1v) is 9.61. The molecule has 6 nitrogen and oxygen atoms in total. The molecule has 2 aromatic rings. The molecule has 2 heterocycles. The van der Waals surface area contributed by atoms with Gasteiger partial charge in [0.25, 0.3) is 0 Å². The summed E-state index contributed by atoms with van der Waals surface area (Å²) in [5.41, 5.74) is 1.15. The van der Waals surface area contributed by atoms with Gasteiger partial charge in [-0.15, -0.1) is 0 Å². The van der Waals surface area contributed by atoms with E-state index in [2.05, 4.69) is 15.5 Å². The van der Waals surface area contributed by atoms with E-state index in [0.717, 1.165) is 29.3 Å². The Balaban J connectivity index is 1.73. The van der Waals surface area contributed by atoms with Gasteiger partial charge in [-0.05, 0) is 41.9 Å². The predicted molar refractivity (Wildman–Crippen MR) is 104 cm³/mol. The number of aromatic amines is 1. The summed E-state index contributed by atoms with van der Waals surface area (Å²) in [5.74, 6) is 0.235. The van der Waals surface area contributed by atoms with Crippen molar-refractivity contribution in [2.45, 2.75) is 32.8 Å². The summed E-state index contributed by atoms with van der Waals surface area (Å²) in [5, 5.41) is 22.1. The molecule has 2 amide bonds. The number of carbonyl (C=O) groups excluding carboxylic acids is 1. The zero-order valence-corrected chi connectivity index (χ0v) is 16.4. The highest BCUT2D eigenvalue weighted by molar-refractivity contribution is 6.31. The van der Waals surface area contributed by atoms with Crippen LogP contribution < -0.4 is 5.32 Å². The first-order chi connectivity index (χ1) is 12.8. The third-order valence-corrected chi connectivity index (χ3v) is 5.98. The second-order valence-electron chi connectivity index (χ2n) is 7.73. The number of H-pyrrole nitrogens is 1. The van der Waals surface area contributed by atoms with Gasteiger partial charge in [-0.1, -0.05) is 25.4 Å². The van der Waals surface area contributed by atoms with E-state index in [0.29, 0.717) is 18.1 Å². The van der Waals surface area contributed by atoms with Crippen molar-refractivity contribution < 1.29 is 14.3 Å². The van der Waals surface area contributed by atoms with E-state index in [1.54, 1.807) is 23.2 Å². The summed E-state index contributed by atoms with van der Waals surface area (Å²) in [7, 11) is 0. The number of aliphatic hydroxyl groups is 1. The van der Waals surface area contributed by atoms with Crippen LogP contribution in [0.5, 0.6) is 0 Å². The zero-order chi connectivity index (χ0) is 19.6. The van der Waals surface area contributed by atoms with Crippen molar-refractivity contribution in [3.05, 3.63) is 28.9 Å². The van der Waals surface area contributed by atoms with Crippen molar-refractivity contribution in [1.82, 2.24) is 20.4 Å². The smallest absolute Gasteiger partial charge is 0.317 e. The molecule has 1 aromatic heterocycles. The number of aromatic nitrogens is 2. The van der Waals surface area contributed by atoms with Gasteiger partial charge in [-0.25, -0.2) is 9.18 Å². The fourth-order valence-corrected chi connectivity index (χ4v) is 4.21. The average molecular weight is 397 g/mol. The topological polar surface area (TPSA) is 81.3 Å². The molecule has 0 radical (unpaired) electrons. The Morgan fingerprint density at radius 3 is 2.85 bits per heavy atom. The quantitative estimate of drug-likeness (QED) is 0.721. The van der Waals surface area contributed by atoms with Crippen molar-refractivity contribution in [1.29, 1.82) is 0 Å². The van der Waals surface area contributed by atoms with Crippen LogP contribution in [0, 0.1) is 11.3 Å². The molecule has 3 N–H and O–H groups in total. The number of nitrogens with zero attached hydrogens (tertiary/aromatic N) is 2.